The molecule has 0 unspecified atom stereocenters. The van der Waals surface area contributed by atoms with Crippen LogP contribution in [0.3, 0.4) is 0 Å². The van der Waals surface area contributed by atoms with Crippen LogP contribution in [0.15, 0.2) is 109 Å². The van der Waals surface area contributed by atoms with E-state index >= 15 is 0 Å². The number of phosphoric ester groups is 1. The van der Waals surface area contributed by atoms with Crippen LogP contribution in [0.1, 0.15) is 34.1 Å². The van der Waals surface area contributed by atoms with Crippen molar-refractivity contribution in [2.24, 2.45) is 0 Å². The van der Waals surface area contributed by atoms with E-state index in [0.717, 1.165) is 32.5 Å². The average molecular weight is 897 g/mol. The van der Waals surface area contributed by atoms with E-state index < -0.39 is 25.5 Å². The number of carbonyl (C=O) groups is 4. The minimum absolute atomic E-state index is 0.0370. The molecule has 3 aliphatic rings. The lowest BCUT2D eigenvalue weighted by molar-refractivity contribution is -0.137. The SMILES string of the molecule is O=C1C=CC(=O)N1CCOCCOc1cc(C=CC(=O)N2C[C@@H](CCl)c3c2cc(OP(=O)(O)O)c2ccccc32)ccc1C=CC(=O)N1C[C@@H](CCl)c2c1ccc1ccccc21. The van der Waals surface area contributed by atoms with E-state index in [2.05, 4.69) is 0 Å². The normalized spacial score (nSPS) is 17.3. The summed E-state index contributed by atoms with van der Waals surface area (Å²) in [4.78, 5) is 75.1. The van der Waals surface area contributed by atoms with Gasteiger partial charge < -0.3 is 23.8 Å². The molecule has 0 spiro atoms. The molecule has 4 amide bonds. The largest absolute Gasteiger partial charge is 0.524 e. The number of alkyl halides is 2. The standard InChI is InChI=1S/C46H40Cl2N3O10P/c47-25-32-27-50(37-14-12-30-5-1-2-6-34(30)45(32)37)44(55)16-13-31-11-9-29(23-39(31)60-22-21-59-20-19-49-41(52)17-18-42(49)53)10-15-43(54)51-28-33(26-48)46-36-8-4-3-7-35(36)40(24-38(46)51)61-62(56,57)58/h1-18,23-24,32-33H,19-22,25-28H2,(H2,56,57,58)/t32-,33-/m1/s1. The van der Waals surface area contributed by atoms with E-state index in [1.165, 1.54) is 35.3 Å². The van der Waals surface area contributed by atoms with Crippen molar-refractivity contribution in [1.29, 1.82) is 0 Å². The first-order valence-corrected chi connectivity index (χ1v) is 22.4. The summed E-state index contributed by atoms with van der Waals surface area (Å²) in [6, 6.07) is 25.7. The minimum Gasteiger partial charge on any atom is -0.491 e. The van der Waals surface area contributed by atoms with Crippen molar-refractivity contribution in [1.82, 2.24) is 4.90 Å². The predicted octanol–water partition coefficient (Wildman–Crippen LogP) is 7.55. The third-order valence-corrected chi connectivity index (χ3v) is 12.2. The fourth-order valence-corrected chi connectivity index (χ4v) is 9.10. The zero-order chi connectivity index (χ0) is 43.5. The van der Waals surface area contributed by atoms with Crippen molar-refractivity contribution in [3.8, 4) is 11.5 Å². The summed E-state index contributed by atoms with van der Waals surface area (Å²) in [7, 11) is -4.93. The van der Waals surface area contributed by atoms with Crippen LogP contribution in [0, 0.1) is 0 Å². The molecule has 0 radical (unpaired) electrons. The number of halogens is 2. The van der Waals surface area contributed by atoms with E-state index in [9.17, 15) is 33.5 Å². The fourth-order valence-electron chi connectivity index (χ4n) is 8.19. The lowest BCUT2D eigenvalue weighted by Gasteiger charge is -2.18. The Kier molecular flexibility index (Phi) is 12.6. The van der Waals surface area contributed by atoms with Crippen molar-refractivity contribution in [2.75, 3.05) is 61.0 Å². The average Bonchev–Trinajstić information content (AvgIpc) is 3.95. The number of phosphoric acid groups is 1. The highest BCUT2D eigenvalue weighted by Gasteiger charge is 2.35. The molecule has 2 atom stereocenters. The first-order chi connectivity index (χ1) is 29.9. The molecular formula is C46H40Cl2N3O10P. The van der Waals surface area contributed by atoms with Crippen molar-refractivity contribution in [3.63, 3.8) is 0 Å². The van der Waals surface area contributed by atoms with E-state index in [1.54, 1.807) is 59.5 Å². The molecule has 8 rings (SSSR count). The highest BCUT2D eigenvalue weighted by atomic mass is 35.5. The molecule has 0 aliphatic carbocycles. The smallest absolute Gasteiger partial charge is 0.491 e. The summed E-state index contributed by atoms with van der Waals surface area (Å²) in [5.41, 5.74) is 4.24. The predicted molar refractivity (Wildman–Crippen MR) is 239 cm³/mol. The third kappa shape index (κ3) is 8.92. The monoisotopic (exact) mass is 895 g/mol. The Morgan fingerprint density at radius 3 is 2.03 bits per heavy atom. The summed E-state index contributed by atoms with van der Waals surface area (Å²) < 4.78 is 28.8. The number of amides is 4. The number of benzene rings is 5. The van der Waals surface area contributed by atoms with Crippen LogP contribution >= 0.6 is 31.0 Å². The van der Waals surface area contributed by atoms with E-state index in [1.807, 2.05) is 36.4 Å². The van der Waals surface area contributed by atoms with Gasteiger partial charge in [0, 0.05) is 83.7 Å². The third-order valence-electron chi connectivity index (χ3n) is 11.0. The summed E-state index contributed by atoms with van der Waals surface area (Å²) in [6.07, 6.45) is 8.57. The first-order valence-electron chi connectivity index (χ1n) is 19.8. The van der Waals surface area contributed by atoms with Gasteiger partial charge >= 0.3 is 7.82 Å². The zero-order valence-corrected chi connectivity index (χ0v) is 35.5. The summed E-state index contributed by atoms with van der Waals surface area (Å²) >= 11 is 12.8. The van der Waals surface area contributed by atoms with Gasteiger partial charge in [0.2, 0.25) is 0 Å². The molecule has 3 heterocycles. The van der Waals surface area contributed by atoms with Gasteiger partial charge in [-0.1, -0.05) is 66.7 Å². The molecule has 318 valence electrons. The van der Waals surface area contributed by atoms with Crippen LogP contribution in [0.5, 0.6) is 11.5 Å². The molecule has 2 N–H and O–H groups in total. The molecule has 0 bridgehead atoms. The number of ether oxygens (including phenoxy) is 2. The van der Waals surface area contributed by atoms with Crippen LogP contribution in [0.25, 0.3) is 33.7 Å². The molecule has 16 heteroatoms. The first kappa shape index (κ1) is 42.9. The van der Waals surface area contributed by atoms with Crippen molar-refractivity contribution in [2.45, 2.75) is 11.8 Å². The molecule has 0 fully saturated rings. The van der Waals surface area contributed by atoms with Crippen molar-refractivity contribution in [3.05, 3.63) is 131 Å². The van der Waals surface area contributed by atoms with E-state index in [-0.39, 0.29) is 62.3 Å². The van der Waals surface area contributed by atoms with Gasteiger partial charge in [-0.25, -0.2) is 4.57 Å². The number of fused-ring (bicyclic) bond motifs is 6. The summed E-state index contributed by atoms with van der Waals surface area (Å²) in [6.45, 7) is 1.08. The highest BCUT2D eigenvalue weighted by Crippen LogP contribution is 2.49. The quantitative estimate of drug-likeness (QED) is 0.0353. The van der Waals surface area contributed by atoms with Crippen LogP contribution in [0.4, 0.5) is 11.4 Å². The Morgan fingerprint density at radius 2 is 1.34 bits per heavy atom. The van der Waals surface area contributed by atoms with Gasteiger partial charge in [-0.15, -0.1) is 23.2 Å². The molecule has 0 saturated heterocycles. The van der Waals surface area contributed by atoms with Crippen molar-refractivity contribution >= 4 is 99.7 Å². The molecule has 3 aliphatic heterocycles. The maximum Gasteiger partial charge on any atom is 0.524 e. The molecule has 0 saturated carbocycles. The van der Waals surface area contributed by atoms with Gasteiger partial charge in [-0.3, -0.25) is 33.9 Å². The Labute approximate surface area is 366 Å². The number of imide groups is 1. The van der Waals surface area contributed by atoms with Crippen LogP contribution in [-0.2, 0) is 28.5 Å². The molecule has 62 heavy (non-hydrogen) atoms. The highest BCUT2D eigenvalue weighted by molar-refractivity contribution is 7.46. The Morgan fingerprint density at radius 1 is 0.710 bits per heavy atom. The Hall–Kier alpha value is -5.79. The Bertz CT molecular complexity index is 2730. The molecule has 13 nitrogen and oxygen atoms in total. The lowest BCUT2D eigenvalue weighted by Crippen LogP contribution is -2.33. The van der Waals surface area contributed by atoms with Gasteiger partial charge in [-0.2, -0.15) is 0 Å². The van der Waals surface area contributed by atoms with Crippen LogP contribution in [0.2, 0.25) is 0 Å². The van der Waals surface area contributed by atoms with Crippen molar-refractivity contribution < 1.29 is 47.5 Å². The second-order valence-electron chi connectivity index (χ2n) is 14.8. The van der Waals surface area contributed by atoms with Gasteiger partial charge in [0.25, 0.3) is 23.6 Å². The zero-order valence-electron chi connectivity index (χ0n) is 33.1. The lowest BCUT2D eigenvalue weighted by atomic mass is 9.95. The minimum atomic E-state index is -4.93. The topological polar surface area (TPSA) is 163 Å². The summed E-state index contributed by atoms with van der Waals surface area (Å²) in [5.74, 6) is -0.828. The summed E-state index contributed by atoms with van der Waals surface area (Å²) in [5, 5.41) is 3.28. The van der Waals surface area contributed by atoms with Gasteiger partial charge in [0.05, 0.1) is 25.4 Å². The second-order valence-corrected chi connectivity index (χ2v) is 16.6. The fraction of sp³-hybridized carbons (Fsp3) is 0.217. The van der Waals surface area contributed by atoms with Gasteiger partial charge in [0.15, 0.2) is 0 Å². The maximum absolute atomic E-state index is 13.9. The molecule has 5 aromatic carbocycles. The van der Waals surface area contributed by atoms with E-state index in [4.69, 9.17) is 37.2 Å². The van der Waals surface area contributed by atoms with E-state index in [0.29, 0.717) is 45.8 Å². The number of hydrogen-bond donors (Lipinski definition) is 2. The van der Waals surface area contributed by atoms with Gasteiger partial charge in [-0.05, 0) is 57.1 Å². The number of hydrogen-bond acceptors (Lipinski definition) is 8. The van der Waals surface area contributed by atoms with Crippen LogP contribution in [-0.4, -0.2) is 89.5 Å². The van der Waals surface area contributed by atoms with Gasteiger partial charge in [0.1, 0.15) is 18.1 Å². The van der Waals surface area contributed by atoms with Crippen LogP contribution < -0.4 is 19.1 Å². The second kappa shape index (κ2) is 18.3. The number of rotatable bonds is 15. The number of carbonyl (C=O) groups excluding carboxylic acids is 4. The molecule has 5 aromatic rings. The Balaban J connectivity index is 1.03. The number of nitrogens with zero attached hydrogens (tertiary/aromatic N) is 3. The number of anilines is 2. The molecular weight excluding hydrogens is 856 g/mol. The maximum atomic E-state index is 13.9. The molecule has 0 aromatic heterocycles.